The van der Waals surface area contributed by atoms with Gasteiger partial charge >= 0.3 is 180 Å². The molecular weight excluding hydrogens is 661 g/mol. The molecule has 0 aliphatic carbocycles. The molecule has 0 saturated carbocycles. The summed E-state index contributed by atoms with van der Waals surface area (Å²) >= 11 is -1.23. The van der Waals surface area contributed by atoms with Gasteiger partial charge in [-0.25, -0.2) is 0 Å². The molecule has 0 radical (unpaired) electrons. The first-order valence-electron chi connectivity index (χ1n) is 14.6. The van der Waals surface area contributed by atoms with E-state index in [0.29, 0.717) is 0 Å². The van der Waals surface area contributed by atoms with Crippen molar-refractivity contribution in [2.45, 2.75) is 92.9 Å². The SMILES string of the molecule is C1CCOC1.C1CCOC1.CCCC[N]([Hf+2][N](CCCC)c1cccc(C)c1C)c1cccc(C)c1C.[F-].[F-]. The molecule has 0 aromatic heterocycles. The molecule has 0 atom stereocenters. The Hall–Kier alpha value is -1.31. The molecule has 0 amide bonds. The quantitative estimate of drug-likeness (QED) is 0.354. The standard InChI is InChI=1S/2C12H18N.2C4H8O.2FH.Hf/c2*1-4-5-9-13-12-8-6-7-10(2)11(12)3;2*1-2-4-5-3-1;;;/h2*6-8H,4-5,9H2,1-3H3;2*1-4H2;2*1H;/q2*-1;;;;;+4/p-2. The molecule has 2 aromatic carbocycles. The van der Waals surface area contributed by atoms with Crippen molar-refractivity contribution in [3.63, 3.8) is 0 Å². The van der Waals surface area contributed by atoms with Crippen LogP contribution >= 0.6 is 0 Å². The smallest absolute Gasteiger partial charge is 1.00 e. The summed E-state index contributed by atoms with van der Waals surface area (Å²) in [7, 11) is 0. The summed E-state index contributed by atoms with van der Waals surface area (Å²) < 4.78 is 15.5. The van der Waals surface area contributed by atoms with E-state index < -0.39 is 23.5 Å². The molecule has 220 valence electrons. The van der Waals surface area contributed by atoms with Crippen LogP contribution < -0.4 is 15.2 Å². The monoisotopic (exact) mass is 714 g/mol. The fourth-order valence-corrected chi connectivity index (χ4v) is 9.72. The van der Waals surface area contributed by atoms with Crippen molar-refractivity contribution in [2.24, 2.45) is 0 Å². The van der Waals surface area contributed by atoms with Gasteiger partial charge in [0.2, 0.25) is 0 Å². The molecule has 2 aromatic rings. The summed E-state index contributed by atoms with van der Waals surface area (Å²) in [6.45, 7) is 20.1. The number of ether oxygens (including phenoxy) is 2. The molecular formula is C32H52F2HfN2O2. The van der Waals surface area contributed by atoms with Crippen molar-refractivity contribution in [1.29, 1.82) is 0 Å². The van der Waals surface area contributed by atoms with Gasteiger partial charge in [0.25, 0.3) is 0 Å². The van der Waals surface area contributed by atoms with E-state index in [4.69, 9.17) is 9.47 Å². The number of hydrogen-bond donors (Lipinski definition) is 0. The molecule has 2 aliphatic heterocycles. The Labute approximate surface area is 249 Å². The molecule has 2 heterocycles. The third-order valence-electron chi connectivity index (χ3n) is 7.10. The van der Waals surface area contributed by atoms with E-state index in [1.165, 1.54) is 98.1 Å². The van der Waals surface area contributed by atoms with Gasteiger partial charge in [-0.15, -0.1) is 0 Å². The van der Waals surface area contributed by atoms with Crippen molar-refractivity contribution in [1.82, 2.24) is 0 Å². The normalized spacial score (nSPS) is 13.5. The number of rotatable bonds is 10. The van der Waals surface area contributed by atoms with E-state index in [0.717, 1.165) is 26.4 Å². The maximum atomic E-state index is 4.94. The average molecular weight is 713 g/mol. The maximum Gasteiger partial charge on any atom is -1.00 e. The van der Waals surface area contributed by atoms with Crippen LogP contribution in [0.2, 0.25) is 0 Å². The molecule has 0 unspecified atom stereocenters. The summed E-state index contributed by atoms with van der Waals surface area (Å²) in [6, 6.07) is 13.6. The van der Waals surface area contributed by atoms with Crippen LogP contribution in [0.15, 0.2) is 36.4 Å². The number of hydrogen-bond acceptors (Lipinski definition) is 4. The number of aryl methyl sites for hydroxylation is 2. The Morgan fingerprint density at radius 1 is 0.615 bits per heavy atom. The van der Waals surface area contributed by atoms with Crippen LogP contribution in [0.5, 0.6) is 0 Å². The summed E-state index contributed by atoms with van der Waals surface area (Å²) in [4.78, 5) is 0. The van der Waals surface area contributed by atoms with Gasteiger partial charge < -0.3 is 18.9 Å². The maximum absolute atomic E-state index is 4.94. The number of nitrogens with zero attached hydrogens (tertiary/aromatic N) is 2. The second-order valence-electron chi connectivity index (χ2n) is 10.2. The van der Waals surface area contributed by atoms with Gasteiger partial charge in [0.05, 0.1) is 0 Å². The van der Waals surface area contributed by atoms with Crippen LogP contribution in [0, 0.1) is 27.7 Å². The zero-order valence-electron chi connectivity index (χ0n) is 25.3. The molecule has 2 fully saturated rings. The molecule has 39 heavy (non-hydrogen) atoms. The second kappa shape index (κ2) is 22.4. The molecule has 4 rings (SSSR count). The molecule has 2 aliphatic rings. The van der Waals surface area contributed by atoms with Gasteiger partial charge in [-0.05, 0) is 25.7 Å². The number of unbranched alkanes of at least 4 members (excludes halogenated alkanes) is 2. The fourth-order valence-electron chi connectivity index (χ4n) is 4.30. The Balaban J connectivity index is 0.000000998. The van der Waals surface area contributed by atoms with E-state index >= 15 is 0 Å². The summed E-state index contributed by atoms with van der Waals surface area (Å²) in [5.74, 6) is 0. The molecule has 0 spiro atoms. The van der Waals surface area contributed by atoms with Crippen LogP contribution in [-0.4, -0.2) is 39.5 Å². The van der Waals surface area contributed by atoms with Crippen LogP contribution in [0.4, 0.5) is 11.4 Å². The minimum absolute atomic E-state index is 0. The van der Waals surface area contributed by atoms with Gasteiger partial charge in [0.1, 0.15) is 0 Å². The van der Waals surface area contributed by atoms with E-state index in [1.807, 2.05) is 0 Å². The molecule has 2 saturated heterocycles. The zero-order chi connectivity index (χ0) is 26.9. The van der Waals surface area contributed by atoms with Gasteiger partial charge in [0, 0.05) is 26.4 Å². The minimum Gasteiger partial charge on any atom is -1.00 e. The van der Waals surface area contributed by atoms with Crippen LogP contribution in [0.3, 0.4) is 0 Å². The van der Waals surface area contributed by atoms with Gasteiger partial charge in [-0.3, -0.25) is 0 Å². The average Bonchev–Trinajstić information content (AvgIpc) is 3.67. The fraction of sp³-hybridized carbons (Fsp3) is 0.625. The van der Waals surface area contributed by atoms with Gasteiger partial charge in [-0.1, -0.05) is 0 Å². The first kappa shape index (κ1) is 37.7. The number of benzene rings is 2. The predicted octanol–water partition coefficient (Wildman–Crippen LogP) is 2.35. The van der Waals surface area contributed by atoms with E-state index in [9.17, 15) is 0 Å². The van der Waals surface area contributed by atoms with E-state index in [1.54, 1.807) is 0 Å². The minimum atomic E-state index is -1.23. The Bertz CT molecular complexity index is 806. The van der Waals surface area contributed by atoms with E-state index in [-0.39, 0.29) is 9.41 Å². The Kier molecular flexibility index (Phi) is 21.6. The van der Waals surface area contributed by atoms with Crippen molar-refractivity contribution in [2.75, 3.05) is 45.3 Å². The largest absolute Gasteiger partial charge is 1.00 e. The first-order chi connectivity index (χ1) is 18.0. The summed E-state index contributed by atoms with van der Waals surface area (Å²) in [6.07, 6.45) is 10.2. The summed E-state index contributed by atoms with van der Waals surface area (Å²) in [5.41, 5.74) is 8.67. The van der Waals surface area contributed by atoms with Crippen molar-refractivity contribution < 1.29 is 42.4 Å². The van der Waals surface area contributed by atoms with E-state index in [2.05, 4.69) is 83.7 Å². The molecule has 4 nitrogen and oxygen atoms in total. The van der Waals surface area contributed by atoms with Crippen LogP contribution in [0.25, 0.3) is 0 Å². The van der Waals surface area contributed by atoms with Crippen LogP contribution in [-0.2, 0) is 33.0 Å². The van der Waals surface area contributed by atoms with Crippen LogP contribution in [0.1, 0.15) is 87.5 Å². The zero-order valence-corrected chi connectivity index (χ0v) is 28.9. The second-order valence-corrected chi connectivity index (χ2v) is 14.8. The summed E-state index contributed by atoms with van der Waals surface area (Å²) in [5, 5.41) is 0. The molecule has 0 bridgehead atoms. The van der Waals surface area contributed by atoms with Crippen molar-refractivity contribution in [3.8, 4) is 0 Å². The topological polar surface area (TPSA) is 24.9 Å². The number of anilines is 2. The van der Waals surface area contributed by atoms with Crippen molar-refractivity contribution in [3.05, 3.63) is 58.7 Å². The Morgan fingerprint density at radius 3 is 1.26 bits per heavy atom. The third kappa shape index (κ3) is 13.7. The predicted molar refractivity (Wildman–Crippen MR) is 156 cm³/mol. The van der Waals surface area contributed by atoms with Gasteiger partial charge in [0.15, 0.2) is 0 Å². The number of halogens is 2. The van der Waals surface area contributed by atoms with Crippen molar-refractivity contribution >= 4 is 11.4 Å². The molecule has 0 N–H and O–H groups in total. The molecule has 7 heteroatoms. The van der Waals surface area contributed by atoms with Gasteiger partial charge in [-0.2, -0.15) is 0 Å². The Morgan fingerprint density at radius 2 is 0.974 bits per heavy atom. The first-order valence-corrected chi connectivity index (χ1v) is 17.8. The third-order valence-corrected chi connectivity index (χ3v) is 12.2.